The molecule has 1 heterocycles. The van der Waals surface area contributed by atoms with Crippen LogP contribution in [0.25, 0.3) is 0 Å². The SMILES string of the molecule is CCn1ncc(OC)c1C(=O)CCC1CCCC1. The topological polar surface area (TPSA) is 44.1 Å². The Morgan fingerprint density at radius 2 is 2.22 bits per heavy atom. The largest absolute Gasteiger partial charge is 0.493 e. The predicted molar refractivity (Wildman–Crippen MR) is 70.0 cm³/mol. The molecule has 0 N–H and O–H groups in total. The minimum Gasteiger partial charge on any atom is -0.493 e. The Morgan fingerprint density at radius 1 is 1.50 bits per heavy atom. The normalized spacial score (nSPS) is 16.1. The van der Waals surface area contributed by atoms with Gasteiger partial charge in [0.25, 0.3) is 0 Å². The Kier molecular flexibility index (Phi) is 4.39. The third-order valence-corrected chi connectivity index (χ3v) is 3.84. The number of carbonyl (C=O) groups is 1. The van der Waals surface area contributed by atoms with Gasteiger partial charge in [-0.15, -0.1) is 0 Å². The number of nitrogens with zero attached hydrogens (tertiary/aromatic N) is 2. The van der Waals surface area contributed by atoms with E-state index in [1.54, 1.807) is 18.0 Å². The molecule has 18 heavy (non-hydrogen) atoms. The molecule has 1 aliphatic rings. The summed E-state index contributed by atoms with van der Waals surface area (Å²) in [6.45, 7) is 2.69. The minimum absolute atomic E-state index is 0.165. The Balaban J connectivity index is 2.00. The quantitative estimate of drug-likeness (QED) is 0.729. The summed E-state index contributed by atoms with van der Waals surface area (Å²) < 4.78 is 6.95. The molecule has 1 aromatic heterocycles. The zero-order valence-corrected chi connectivity index (χ0v) is 11.3. The van der Waals surface area contributed by atoms with Gasteiger partial charge in [-0.2, -0.15) is 5.10 Å². The van der Waals surface area contributed by atoms with Crippen LogP contribution in [0.2, 0.25) is 0 Å². The van der Waals surface area contributed by atoms with E-state index in [0.717, 1.165) is 12.3 Å². The van der Waals surface area contributed by atoms with Gasteiger partial charge in [-0.25, -0.2) is 0 Å². The van der Waals surface area contributed by atoms with Gasteiger partial charge in [-0.3, -0.25) is 9.48 Å². The molecular weight excluding hydrogens is 228 g/mol. The number of ether oxygens (including phenoxy) is 1. The molecule has 1 fully saturated rings. The molecule has 0 bridgehead atoms. The third kappa shape index (κ3) is 2.74. The van der Waals surface area contributed by atoms with Gasteiger partial charge in [0.15, 0.2) is 11.5 Å². The monoisotopic (exact) mass is 250 g/mol. The first-order valence-corrected chi connectivity index (χ1v) is 6.89. The number of carbonyl (C=O) groups excluding carboxylic acids is 1. The van der Waals surface area contributed by atoms with Crippen molar-refractivity contribution in [3.8, 4) is 5.75 Å². The summed E-state index contributed by atoms with van der Waals surface area (Å²) in [5.74, 6) is 1.52. The van der Waals surface area contributed by atoms with E-state index in [9.17, 15) is 4.79 Å². The lowest BCUT2D eigenvalue weighted by molar-refractivity contribution is 0.0960. The highest BCUT2D eigenvalue weighted by atomic mass is 16.5. The molecular formula is C14H22N2O2. The summed E-state index contributed by atoms with van der Waals surface area (Å²) >= 11 is 0. The number of aryl methyl sites for hydroxylation is 1. The molecule has 0 amide bonds. The van der Waals surface area contributed by atoms with Crippen molar-refractivity contribution in [2.75, 3.05) is 7.11 Å². The average molecular weight is 250 g/mol. The Hall–Kier alpha value is -1.32. The van der Waals surface area contributed by atoms with E-state index in [4.69, 9.17) is 4.74 Å². The van der Waals surface area contributed by atoms with Gasteiger partial charge in [-0.05, 0) is 19.3 Å². The van der Waals surface area contributed by atoms with Crippen LogP contribution in [0.4, 0.5) is 0 Å². The molecule has 2 rings (SSSR count). The lowest BCUT2D eigenvalue weighted by atomic mass is 9.99. The zero-order valence-electron chi connectivity index (χ0n) is 11.3. The van der Waals surface area contributed by atoms with Crippen LogP contribution in [-0.4, -0.2) is 22.7 Å². The number of methoxy groups -OCH3 is 1. The Bertz CT molecular complexity index is 384. The second-order valence-corrected chi connectivity index (χ2v) is 4.99. The van der Waals surface area contributed by atoms with E-state index in [0.29, 0.717) is 24.4 Å². The van der Waals surface area contributed by atoms with Crippen LogP contribution in [0.15, 0.2) is 6.20 Å². The molecule has 0 aliphatic heterocycles. The van der Waals surface area contributed by atoms with E-state index in [1.807, 2.05) is 6.92 Å². The molecule has 1 aliphatic carbocycles. The molecule has 1 aromatic rings. The van der Waals surface area contributed by atoms with E-state index in [1.165, 1.54) is 25.7 Å². The Labute approximate surface area is 108 Å². The maximum Gasteiger partial charge on any atom is 0.184 e. The van der Waals surface area contributed by atoms with Gasteiger partial charge in [0.05, 0.1) is 13.3 Å². The van der Waals surface area contributed by atoms with Crippen LogP contribution < -0.4 is 4.74 Å². The van der Waals surface area contributed by atoms with Crippen LogP contribution in [-0.2, 0) is 6.54 Å². The molecule has 4 heteroatoms. The van der Waals surface area contributed by atoms with Gasteiger partial charge in [0.2, 0.25) is 0 Å². The summed E-state index contributed by atoms with van der Waals surface area (Å²) in [7, 11) is 1.59. The van der Waals surface area contributed by atoms with Gasteiger partial charge in [-0.1, -0.05) is 25.7 Å². The Morgan fingerprint density at radius 3 is 2.83 bits per heavy atom. The smallest absolute Gasteiger partial charge is 0.184 e. The second kappa shape index (κ2) is 6.03. The van der Waals surface area contributed by atoms with E-state index >= 15 is 0 Å². The van der Waals surface area contributed by atoms with Crippen LogP contribution in [0, 0.1) is 5.92 Å². The molecule has 100 valence electrons. The molecule has 0 saturated heterocycles. The molecule has 1 saturated carbocycles. The number of ketones is 1. The standard InChI is InChI=1S/C14H22N2O2/c1-3-16-14(13(18-2)10-15-16)12(17)9-8-11-6-4-5-7-11/h10-11H,3-9H2,1-2H3. The van der Waals surface area contributed by atoms with Crippen molar-refractivity contribution < 1.29 is 9.53 Å². The molecule has 0 atom stereocenters. The lowest BCUT2D eigenvalue weighted by Crippen LogP contribution is -2.11. The highest BCUT2D eigenvalue weighted by Crippen LogP contribution is 2.29. The number of hydrogen-bond donors (Lipinski definition) is 0. The van der Waals surface area contributed by atoms with E-state index < -0.39 is 0 Å². The molecule has 0 radical (unpaired) electrons. The fourth-order valence-electron chi connectivity index (χ4n) is 2.79. The first-order valence-electron chi connectivity index (χ1n) is 6.89. The minimum atomic E-state index is 0.165. The second-order valence-electron chi connectivity index (χ2n) is 4.99. The predicted octanol–water partition coefficient (Wildman–Crippen LogP) is 3.06. The van der Waals surface area contributed by atoms with Crippen LogP contribution in [0.5, 0.6) is 5.75 Å². The summed E-state index contributed by atoms with van der Waals surface area (Å²) in [6, 6.07) is 0. The van der Waals surface area contributed by atoms with Crippen molar-refractivity contribution in [3.05, 3.63) is 11.9 Å². The van der Waals surface area contributed by atoms with Gasteiger partial charge >= 0.3 is 0 Å². The highest BCUT2D eigenvalue weighted by Gasteiger charge is 2.21. The van der Waals surface area contributed by atoms with Crippen molar-refractivity contribution in [1.82, 2.24) is 9.78 Å². The molecule has 0 aromatic carbocycles. The van der Waals surface area contributed by atoms with Crippen LogP contribution >= 0.6 is 0 Å². The third-order valence-electron chi connectivity index (χ3n) is 3.84. The maximum atomic E-state index is 12.3. The lowest BCUT2D eigenvalue weighted by Gasteiger charge is -2.09. The van der Waals surface area contributed by atoms with Gasteiger partial charge in [0, 0.05) is 13.0 Å². The van der Waals surface area contributed by atoms with Crippen molar-refractivity contribution in [1.29, 1.82) is 0 Å². The van der Waals surface area contributed by atoms with Crippen LogP contribution in [0.1, 0.15) is 55.9 Å². The van der Waals surface area contributed by atoms with Crippen molar-refractivity contribution in [2.45, 2.75) is 52.0 Å². The number of rotatable bonds is 6. The van der Waals surface area contributed by atoms with Crippen molar-refractivity contribution >= 4 is 5.78 Å². The summed E-state index contributed by atoms with van der Waals surface area (Å²) in [6.07, 6.45) is 8.49. The van der Waals surface area contributed by atoms with Gasteiger partial charge in [0.1, 0.15) is 5.69 Å². The number of aromatic nitrogens is 2. The first kappa shape index (κ1) is 13.1. The van der Waals surface area contributed by atoms with Crippen molar-refractivity contribution in [2.24, 2.45) is 5.92 Å². The fraction of sp³-hybridized carbons (Fsp3) is 0.714. The van der Waals surface area contributed by atoms with E-state index in [2.05, 4.69) is 5.10 Å². The van der Waals surface area contributed by atoms with Crippen LogP contribution in [0.3, 0.4) is 0 Å². The molecule has 4 nitrogen and oxygen atoms in total. The van der Waals surface area contributed by atoms with Gasteiger partial charge < -0.3 is 4.74 Å². The summed E-state index contributed by atoms with van der Waals surface area (Å²) in [5.41, 5.74) is 0.637. The molecule has 0 spiro atoms. The summed E-state index contributed by atoms with van der Waals surface area (Å²) in [4.78, 5) is 12.3. The summed E-state index contributed by atoms with van der Waals surface area (Å²) in [5, 5.41) is 4.18. The average Bonchev–Trinajstić information content (AvgIpc) is 3.04. The fourth-order valence-corrected chi connectivity index (χ4v) is 2.79. The molecule has 0 unspecified atom stereocenters. The first-order chi connectivity index (χ1) is 8.76. The number of Topliss-reactive ketones (excluding diaryl/α,β-unsaturated/α-hetero) is 1. The maximum absolute atomic E-state index is 12.3. The zero-order chi connectivity index (χ0) is 13.0. The van der Waals surface area contributed by atoms with Crippen molar-refractivity contribution in [3.63, 3.8) is 0 Å². The van der Waals surface area contributed by atoms with E-state index in [-0.39, 0.29) is 5.78 Å². The number of hydrogen-bond acceptors (Lipinski definition) is 3. The highest BCUT2D eigenvalue weighted by molar-refractivity contribution is 5.97.